The third-order valence-electron chi connectivity index (χ3n) is 3.48. The average molecular weight is 356 g/mol. The zero-order valence-corrected chi connectivity index (χ0v) is 14.8. The summed E-state index contributed by atoms with van der Waals surface area (Å²) in [7, 11) is 0. The SMILES string of the molecule is Cc1ccc(C(=O)CCC(=O)Nc2ccccc2SCC(N)=O)cc1. The highest BCUT2D eigenvalue weighted by molar-refractivity contribution is 8.00. The third kappa shape index (κ3) is 6.08. The molecule has 0 bridgehead atoms. The lowest BCUT2D eigenvalue weighted by atomic mass is 10.0. The second-order valence-electron chi connectivity index (χ2n) is 5.59. The smallest absolute Gasteiger partial charge is 0.227 e. The Kier molecular flexibility index (Phi) is 6.77. The van der Waals surface area contributed by atoms with E-state index in [1.807, 2.05) is 25.1 Å². The molecule has 0 heterocycles. The van der Waals surface area contributed by atoms with Gasteiger partial charge in [-0.15, -0.1) is 11.8 Å². The number of benzene rings is 2. The van der Waals surface area contributed by atoms with Crippen molar-refractivity contribution in [3.63, 3.8) is 0 Å². The van der Waals surface area contributed by atoms with Crippen LogP contribution in [0.3, 0.4) is 0 Å². The van der Waals surface area contributed by atoms with E-state index in [4.69, 9.17) is 5.73 Å². The molecule has 0 saturated heterocycles. The van der Waals surface area contributed by atoms with Crippen molar-refractivity contribution in [3.05, 3.63) is 59.7 Å². The van der Waals surface area contributed by atoms with Gasteiger partial charge in [0.2, 0.25) is 11.8 Å². The Balaban J connectivity index is 1.91. The molecule has 6 heteroatoms. The monoisotopic (exact) mass is 356 g/mol. The first-order valence-electron chi connectivity index (χ1n) is 7.85. The van der Waals surface area contributed by atoms with E-state index < -0.39 is 5.91 Å². The fraction of sp³-hybridized carbons (Fsp3) is 0.211. The van der Waals surface area contributed by atoms with Crippen molar-refractivity contribution in [1.82, 2.24) is 0 Å². The first kappa shape index (κ1) is 18.7. The van der Waals surface area contributed by atoms with E-state index in [1.54, 1.807) is 30.3 Å². The van der Waals surface area contributed by atoms with Gasteiger partial charge in [-0.25, -0.2) is 0 Å². The summed E-state index contributed by atoms with van der Waals surface area (Å²) in [6.07, 6.45) is 0.243. The molecule has 0 aliphatic rings. The number of primary amides is 1. The van der Waals surface area contributed by atoms with Crippen LogP contribution in [0, 0.1) is 6.92 Å². The van der Waals surface area contributed by atoms with Crippen LogP contribution in [0.15, 0.2) is 53.4 Å². The van der Waals surface area contributed by atoms with E-state index >= 15 is 0 Å². The predicted octanol–water partition coefficient (Wildman–Crippen LogP) is 3.17. The van der Waals surface area contributed by atoms with Gasteiger partial charge in [-0.1, -0.05) is 42.0 Å². The van der Waals surface area contributed by atoms with Crippen LogP contribution in [-0.2, 0) is 9.59 Å². The molecule has 0 saturated carbocycles. The Bertz CT molecular complexity index is 772. The van der Waals surface area contributed by atoms with Crippen LogP contribution in [0.1, 0.15) is 28.8 Å². The summed E-state index contributed by atoms with van der Waals surface area (Å²) < 4.78 is 0. The van der Waals surface area contributed by atoms with Gasteiger partial charge in [0.15, 0.2) is 5.78 Å². The first-order valence-corrected chi connectivity index (χ1v) is 8.84. The normalized spacial score (nSPS) is 10.3. The number of thioether (sulfide) groups is 1. The summed E-state index contributed by atoms with van der Waals surface area (Å²) in [4.78, 5) is 35.9. The maximum absolute atomic E-state index is 12.1. The van der Waals surface area contributed by atoms with Crippen LogP contribution in [0.2, 0.25) is 0 Å². The fourth-order valence-electron chi connectivity index (χ4n) is 2.17. The van der Waals surface area contributed by atoms with Crippen molar-refractivity contribution in [3.8, 4) is 0 Å². The number of hydrogen-bond acceptors (Lipinski definition) is 4. The summed E-state index contributed by atoms with van der Waals surface area (Å²) in [5, 5.41) is 2.79. The molecular weight excluding hydrogens is 336 g/mol. The van der Waals surface area contributed by atoms with Crippen LogP contribution < -0.4 is 11.1 Å². The minimum atomic E-state index is -0.421. The van der Waals surface area contributed by atoms with Gasteiger partial charge in [-0.2, -0.15) is 0 Å². The number of aryl methyl sites for hydroxylation is 1. The molecule has 2 aromatic rings. The van der Waals surface area contributed by atoms with Gasteiger partial charge in [-0.05, 0) is 19.1 Å². The molecule has 5 nitrogen and oxygen atoms in total. The van der Waals surface area contributed by atoms with Gasteiger partial charge in [-0.3, -0.25) is 14.4 Å². The molecule has 3 N–H and O–H groups in total. The Morgan fingerprint density at radius 1 is 1.00 bits per heavy atom. The summed E-state index contributed by atoms with van der Waals surface area (Å²) in [5.41, 5.74) is 7.46. The Morgan fingerprint density at radius 2 is 1.68 bits per heavy atom. The van der Waals surface area contributed by atoms with Crippen LogP contribution in [-0.4, -0.2) is 23.4 Å². The highest BCUT2D eigenvalue weighted by atomic mass is 32.2. The number of carbonyl (C=O) groups excluding carboxylic acids is 3. The predicted molar refractivity (Wildman–Crippen MR) is 99.7 cm³/mol. The lowest BCUT2D eigenvalue weighted by molar-refractivity contribution is -0.116. The topological polar surface area (TPSA) is 89.3 Å². The molecule has 0 aliphatic heterocycles. The number of hydrogen-bond donors (Lipinski definition) is 2. The number of para-hydroxylation sites is 1. The van der Waals surface area contributed by atoms with Gasteiger partial charge >= 0.3 is 0 Å². The lowest BCUT2D eigenvalue weighted by Gasteiger charge is -2.10. The van der Waals surface area contributed by atoms with Crippen molar-refractivity contribution in [2.24, 2.45) is 5.73 Å². The lowest BCUT2D eigenvalue weighted by Crippen LogP contribution is -2.15. The van der Waals surface area contributed by atoms with Crippen LogP contribution >= 0.6 is 11.8 Å². The van der Waals surface area contributed by atoms with E-state index in [0.29, 0.717) is 11.3 Å². The quantitative estimate of drug-likeness (QED) is 0.561. The number of Topliss-reactive ketones (excluding diaryl/α,β-unsaturated/α-hetero) is 1. The number of rotatable bonds is 8. The number of amides is 2. The molecule has 130 valence electrons. The number of anilines is 1. The molecule has 0 aromatic heterocycles. The van der Waals surface area contributed by atoms with Crippen LogP contribution in [0.25, 0.3) is 0 Å². The van der Waals surface area contributed by atoms with E-state index in [2.05, 4.69) is 5.32 Å². The number of nitrogens with two attached hydrogens (primary N) is 1. The summed E-state index contributed by atoms with van der Waals surface area (Å²) in [6, 6.07) is 14.5. The van der Waals surface area contributed by atoms with E-state index in [9.17, 15) is 14.4 Å². The number of carbonyl (C=O) groups is 3. The van der Waals surface area contributed by atoms with Gasteiger partial charge in [0.25, 0.3) is 0 Å². The van der Waals surface area contributed by atoms with Crippen molar-refractivity contribution in [2.45, 2.75) is 24.7 Å². The standard InChI is InChI=1S/C19H20N2O3S/c1-13-6-8-14(9-7-13)16(22)10-11-19(24)21-15-4-2-3-5-17(15)25-12-18(20)23/h2-9H,10-12H2,1H3,(H2,20,23)(H,21,24). The summed E-state index contributed by atoms with van der Waals surface area (Å²) >= 11 is 1.26. The summed E-state index contributed by atoms with van der Waals surface area (Å²) in [6.45, 7) is 1.95. The first-order chi connectivity index (χ1) is 12.0. The van der Waals surface area contributed by atoms with Gasteiger partial charge in [0.1, 0.15) is 0 Å². The molecule has 2 rings (SSSR count). The second kappa shape index (κ2) is 9.03. The highest BCUT2D eigenvalue weighted by Crippen LogP contribution is 2.26. The number of nitrogens with one attached hydrogen (secondary N) is 1. The minimum absolute atomic E-state index is 0.0634. The van der Waals surface area contributed by atoms with Crippen LogP contribution in [0.4, 0.5) is 5.69 Å². The van der Waals surface area contributed by atoms with E-state index in [-0.39, 0.29) is 30.3 Å². The van der Waals surface area contributed by atoms with Gasteiger partial charge in [0.05, 0.1) is 11.4 Å². The van der Waals surface area contributed by atoms with Crippen molar-refractivity contribution < 1.29 is 14.4 Å². The van der Waals surface area contributed by atoms with Crippen molar-refractivity contribution in [2.75, 3.05) is 11.1 Å². The molecule has 2 aromatic carbocycles. The van der Waals surface area contributed by atoms with Crippen LogP contribution in [0.5, 0.6) is 0 Å². The highest BCUT2D eigenvalue weighted by Gasteiger charge is 2.11. The maximum atomic E-state index is 12.1. The van der Waals surface area contributed by atoms with Crippen molar-refractivity contribution >= 4 is 35.0 Å². The molecule has 0 fully saturated rings. The molecule has 0 unspecified atom stereocenters. The third-order valence-corrected chi connectivity index (χ3v) is 4.58. The fourth-order valence-corrected chi connectivity index (χ4v) is 2.92. The summed E-state index contributed by atoms with van der Waals surface area (Å²) in [5.74, 6) is -0.590. The zero-order chi connectivity index (χ0) is 18.2. The average Bonchev–Trinajstić information content (AvgIpc) is 2.59. The Morgan fingerprint density at radius 3 is 2.36 bits per heavy atom. The molecule has 0 aliphatic carbocycles. The molecule has 0 radical (unpaired) electrons. The largest absolute Gasteiger partial charge is 0.369 e. The zero-order valence-electron chi connectivity index (χ0n) is 14.0. The van der Waals surface area contributed by atoms with Gasteiger partial charge < -0.3 is 11.1 Å². The molecule has 0 atom stereocenters. The van der Waals surface area contributed by atoms with E-state index in [1.165, 1.54) is 11.8 Å². The van der Waals surface area contributed by atoms with Crippen molar-refractivity contribution in [1.29, 1.82) is 0 Å². The Hall–Kier alpha value is -2.60. The molecule has 25 heavy (non-hydrogen) atoms. The van der Waals surface area contributed by atoms with E-state index in [0.717, 1.165) is 10.5 Å². The maximum Gasteiger partial charge on any atom is 0.227 e. The number of ketones is 1. The van der Waals surface area contributed by atoms with Gasteiger partial charge in [0, 0.05) is 23.3 Å². The molecule has 2 amide bonds. The molecule has 0 spiro atoms. The Labute approximate surface area is 151 Å². The second-order valence-corrected chi connectivity index (χ2v) is 6.61. The molecular formula is C19H20N2O3S. The minimum Gasteiger partial charge on any atom is -0.369 e.